The van der Waals surface area contributed by atoms with Crippen molar-refractivity contribution in [3.05, 3.63) is 33.9 Å². The molecule has 1 aromatic carbocycles. The first-order valence-electron chi connectivity index (χ1n) is 6.47. The zero-order chi connectivity index (χ0) is 15.5. The number of nitro groups is 1. The van der Waals surface area contributed by atoms with E-state index in [0.717, 1.165) is 6.07 Å². The molecule has 0 saturated carbocycles. The maximum absolute atomic E-state index is 10.9. The van der Waals surface area contributed by atoms with E-state index in [2.05, 4.69) is 5.32 Å². The van der Waals surface area contributed by atoms with Gasteiger partial charge in [0.05, 0.1) is 10.5 Å². The van der Waals surface area contributed by atoms with Crippen LogP contribution in [-0.2, 0) is 4.74 Å². The molecule has 8 nitrogen and oxygen atoms in total. The molecule has 114 valence electrons. The normalized spacial score (nSPS) is 17.2. The van der Waals surface area contributed by atoms with Gasteiger partial charge in [0.15, 0.2) is 0 Å². The van der Waals surface area contributed by atoms with Crippen molar-refractivity contribution in [1.82, 2.24) is 0 Å². The highest BCUT2D eigenvalue weighted by atomic mass is 16.6. The fourth-order valence-electron chi connectivity index (χ4n) is 2.17. The number of carboxylic acids is 1. The monoisotopic (exact) mass is 296 g/mol. The Morgan fingerprint density at radius 2 is 2.10 bits per heavy atom. The molecule has 0 aliphatic carbocycles. The van der Waals surface area contributed by atoms with E-state index in [4.69, 9.17) is 9.84 Å². The van der Waals surface area contributed by atoms with Crippen LogP contribution in [0.2, 0.25) is 0 Å². The predicted octanol–water partition coefficient (Wildman–Crippen LogP) is 1.25. The number of nitrogens with one attached hydrogen (secondary N) is 1. The van der Waals surface area contributed by atoms with E-state index in [0.29, 0.717) is 31.7 Å². The summed E-state index contributed by atoms with van der Waals surface area (Å²) in [6.45, 7) is 1.16. The van der Waals surface area contributed by atoms with E-state index < -0.39 is 22.2 Å². The van der Waals surface area contributed by atoms with Gasteiger partial charge >= 0.3 is 5.97 Å². The number of carboxylic acid groups (broad SMARTS) is 1. The number of hydrogen-bond donors (Lipinski definition) is 3. The first kappa shape index (κ1) is 15.2. The van der Waals surface area contributed by atoms with Crippen LogP contribution in [0, 0.1) is 10.1 Å². The van der Waals surface area contributed by atoms with Crippen LogP contribution in [0.25, 0.3) is 0 Å². The van der Waals surface area contributed by atoms with Crippen LogP contribution in [0.4, 0.5) is 11.4 Å². The molecule has 0 unspecified atom stereocenters. The molecule has 0 atom stereocenters. The predicted molar refractivity (Wildman–Crippen MR) is 73.5 cm³/mol. The van der Waals surface area contributed by atoms with E-state index in [1.54, 1.807) is 0 Å². The largest absolute Gasteiger partial charge is 0.477 e. The van der Waals surface area contributed by atoms with Crippen molar-refractivity contribution < 1.29 is 24.7 Å². The fourth-order valence-corrected chi connectivity index (χ4v) is 2.17. The van der Waals surface area contributed by atoms with Gasteiger partial charge < -0.3 is 20.3 Å². The first-order chi connectivity index (χ1) is 9.91. The number of nitro benzene ring substituents is 1. The lowest BCUT2D eigenvalue weighted by molar-refractivity contribution is -0.385. The Hall–Kier alpha value is -2.19. The molecule has 1 fully saturated rings. The molecule has 0 amide bonds. The van der Waals surface area contributed by atoms with Crippen molar-refractivity contribution in [2.75, 3.05) is 25.1 Å². The van der Waals surface area contributed by atoms with E-state index in [1.807, 2.05) is 0 Å². The summed E-state index contributed by atoms with van der Waals surface area (Å²) in [4.78, 5) is 21.1. The fraction of sp³-hybridized carbons (Fsp3) is 0.462. The van der Waals surface area contributed by atoms with Crippen LogP contribution in [-0.4, -0.2) is 46.5 Å². The smallest absolute Gasteiger partial charge is 0.342 e. The summed E-state index contributed by atoms with van der Waals surface area (Å²) in [5, 5.41) is 33.0. The van der Waals surface area contributed by atoms with Gasteiger partial charge in [-0.1, -0.05) is 0 Å². The molecule has 1 saturated heterocycles. The molecule has 0 radical (unpaired) electrons. The van der Waals surface area contributed by atoms with Crippen LogP contribution >= 0.6 is 0 Å². The van der Waals surface area contributed by atoms with Crippen molar-refractivity contribution in [3.8, 4) is 0 Å². The highest BCUT2D eigenvalue weighted by Gasteiger charge is 2.29. The standard InChI is InChI=1S/C13H16N2O6/c16-12(17)10-2-1-9(7-11(10)15(19)20)14-8-13(18)3-5-21-6-4-13/h1-2,7,14,18H,3-6,8H2,(H,16,17). The zero-order valence-corrected chi connectivity index (χ0v) is 11.2. The summed E-state index contributed by atoms with van der Waals surface area (Å²) >= 11 is 0. The molecule has 1 aromatic rings. The molecular formula is C13H16N2O6. The molecule has 21 heavy (non-hydrogen) atoms. The molecule has 1 aliphatic rings. The summed E-state index contributed by atoms with van der Waals surface area (Å²) in [5.74, 6) is -1.35. The third-order valence-corrected chi connectivity index (χ3v) is 3.47. The minimum absolute atomic E-state index is 0.222. The molecule has 2 rings (SSSR count). The highest BCUT2D eigenvalue weighted by molar-refractivity contribution is 5.93. The first-order valence-corrected chi connectivity index (χ1v) is 6.47. The van der Waals surface area contributed by atoms with Gasteiger partial charge in [0.2, 0.25) is 0 Å². The Labute approximate surface area is 120 Å². The van der Waals surface area contributed by atoms with Crippen LogP contribution in [0.3, 0.4) is 0 Å². The number of nitrogens with zero attached hydrogens (tertiary/aromatic N) is 1. The second-order valence-corrected chi connectivity index (χ2v) is 4.98. The van der Waals surface area contributed by atoms with Gasteiger partial charge in [0, 0.05) is 44.4 Å². The van der Waals surface area contributed by atoms with E-state index >= 15 is 0 Å². The maximum Gasteiger partial charge on any atom is 0.342 e. The van der Waals surface area contributed by atoms with E-state index in [1.165, 1.54) is 12.1 Å². The second-order valence-electron chi connectivity index (χ2n) is 4.98. The average Bonchev–Trinajstić information content (AvgIpc) is 2.45. The van der Waals surface area contributed by atoms with Crippen LogP contribution in [0.5, 0.6) is 0 Å². The van der Waals surface area contributed by atoms with Gasteiger partial charge in [-0.05, 0) is 12.1 Å². The van der Waals surface area contributed by atoms with Gasteiger partial charge in [-0.15, -0.1) is 0 Å². The molecule has 3 N–H and O–H groups in total. The molecule has 1 aliphatic heterocycles. The number of anilines is 1. The Morgan fingerprint density at radius 3 is 2.67 bits per heavy atom. The summed E-state index contributed by atoms with van der Waals surface area (Å²) < 4.78 is 5.17. The van der Waals surface area contributed by atoms with Gasteiger partial charge in [-0.2, -0.15) is 0 Å². The Kier molecular flexibility index (Phi) is 4.39. The maximum atomic E-state index is 10.9. The molecule has 0 spiro atoms. The second kappa shape index (κ2) is 6.06. The number of carbonyl (C=O) groups is 1. The minimum atomic E-state index is -1.35. The highest BCUT2D eigenvalue weighted by Crippen LogP contribution is 2.25. The van der Waals surface area contributed by atoms with Gasteiger partial charge in [-0.3, -0.25) is 10.1 Å². The summed E-state index contributed by atoms with van der Waals surface area (Å²) in [7, 11) is 0. The van der Waals surface area contributed by atoms with Crippen molar-refractivity contribution in [2.45, 2.75) is 18.4 Å². The zero-order valence-electron chi connectivity index (χ0n) is 11.2. The third-order valence-electron chi connectivity index (χ3n) is 3.47. The average molecular weight is 296 g/mol. The molecule has 1 heterocycles. The van der Waals surface area contributed by atoms with Crippen LogP contribution < -0.4 is 5.32 Å². The summed E-state index contributed by atoms with van der Waals surface area (Å²) in [5.41, 5.74) is -1.37. The Balaban J connectivity index is 2.12. The van der Waals surface area contributed by atoms with Gasteiger partial charge in [0.1, 0.15) is 5.56 Å². The molecule has 0 bridgehead atoms. The SMILES string of the molecule is O=C(O)c1ccc(NCC2(O)CCOCC2)cc1[N+](=O)[O-]. The quantitative estimate of drug-likeness (QED) is 0.552. The van der Waals surface area contributed by atoms with Crippen molar-refractivity contribution in [2.24, 2.45) is 0 Å². The number of ether oxygens (including phenoxy) is 1. The van der Waals surface area contributed by atoms with Crippen LogP contribution in [0.15, 0.2) is 18.2 Å². The number of aromatic carboxylic acids is 1. The molecule has 8 heteroatoms. The summed E-state index contributed by atoms with van der Waals surface area (Å²) in [6, 6.07) is 3.78. The topological polar surface area (TPSA) is 122 Å². The number of rotatable bonds is 5. The minimum Gasteiger partial charge on any atom is -0.477 e. The van der Waals surface area contributed by atoms with Gasteiger partial charge in [0.25, 0.3) is 5.69 Å². The Bertz CT molecular complexity index is 554. The number of aliphatic hydroxyl groups is 1. The number of benzene rings is 1. The van der Waals surface area contributed by atoms with Crippen molar-refractivity contribution in [1.29, 1.82) is 0 Å². The Morgan fingerprint density at radius 1 is 1.43 bits per heavy atom. The van der Waals surface area contributed by atoms with Crippen molar-refractivity contribution in [3.63, 3.8) is 0 Å². The van der Waals surface area contributed by atoms with Crippen molar-refractivity contribution >= 4 is 17.3 Å². The number of hydrogen-bond acceptors (Lipinski definition) is 6. The van der Waals surface area contributed by atoms with Crippen LogP contribution in [0.1, 0.15) is 23.2 Å². The van der Waals surface area contributed by atoms with E-state index in [-0.39, 0.29) is 12.1 Å². The third kappa shape index (κ3) is 3.67. The molecule has 0 aromatic heterocycles. The lowest BCUT2D eigenvalue weighted by Crippen LogP contribution is -2.42. The lowest BCUT2D eigenvalue weighted by Gasteiger charge is -2.32. The summed E-state index contributed by atoms with van der Waals surface area (Å²) in [6.07, 6.45) is 0.963. The lowest BCUT2D eigenvalue weighted by atomic mass is 9.94. The molecular weight excluding hydrogens is 280 g/mol. The van der Waals surface area contributed by atoms with E-state index in [9.17, 15) is 20.0 Å². The van der Waals surface area contributed by atoms with Gasteiger partial charge in [-0.25, -0.2) is 4.79 Å².